The lowest BCUT2D eigenvalue weighted by Gasteiger charge is -2.23. The molecule has 0 radical (unpaired) electrons. The number of aromatic nitrogens is 2. The molecule has 0 amide bonds. The minimum atomic E-state index is 0. The molecular weight excluding hydrogens is 336 g/mol. The maximum Gasteiger partial charge on any atom is 0.137 e. The van der Waals surface area contributed by atoms with E-state index >= 15 is 0 Å². The van der Waals surface area contributed by atoms with E-state index in [2.05, 4.69) is 31.1 Å². The summed E-state index contributed by atoms with van der Waals surface area (Å²) in [5, 5.41) is 1.81. The van der Waals surface area contributed by atoms with Crippen LogP contribution in [-0.2, 0) is 6.54 Å². The summed E-state index contributed by atoms with van der Waals surface area (Å²) in [7, 11) is 6.49. The van der Waals surface area contributed by atoms with Crippen molar-refractivity contribution in [3.8, 4) is 0 Å². The predicted molar refractivity (Wildman–Crippen MR) is 62.8 cm³/mol. The third kappa shape index (κ3) is 3.09. The number of aromatic amines is 1. The molecule has 3 nitrogen and oxygen atoms in total. The first kappa shape index (κ1) is 13.7. The van der Waals surface area contributed by atoms with Crippen LogP contribution in [0.25, 0.3) is 11.0 Å². The fourth-order valence-electron chi connectivity index (χ4n) is 1.67. The Hall–Kier alpha value is -0.330. The van der Waals surface area contributed by atoms with Gasteiger partial charge in [0.1, 0.15) is 12.2 Å². The van der Waals surface area contributed by atoms with Crippen LogP contribution in [0.3, 0.4) is 0 Å². The van der Waals surface area contributed by atoms with E-state index in [1.165, 1.54) is 5.56 Å². The number of quaternary nitrogens is 1. The van der Waals surface area contributed by atoms with Gasteiger partial charge in [0.15, 0.2) is 0 Å². The average molecular weight is 352 g/mol. The zero-order valence-corrected chi connectivity index (χ0v) is 12.5. The summed E-state index contributed by atoms with van der Waals surface area (Å²) in [5.74, 6) is 0. The van der Waals surface area contributed by atoms with Gasteiger partial charge in [-0.2, -0.15) is 0 Å². The number of halogens is 2. The summed E-state index contributed by atoms with van der Waals surface area (Å²) in [6.07, 6.45) is 3.67. The molecule has 0 aliphatic rings. The Labute approximate surface area is 117 Å². The number of hydrogen-bond acceptors (Lipinski definition) is 1. The van der Waals surface area contributed by atoms with Crippen LogP contribution >= 0.6 is 11.6 Å². The number of pyridine rings is 1. The number of fused-ring (bicyclic) bond motifs is 1. The van der Waals surface area contributed by atoms with E-state index in [-0.39, 0.29) is 24.0 Å². The van der Waals surface area contributed by atoms with Crippen molar-refractivity contribution in [2.24, 2.45) is 0 Å². The van der Waals surface area contributed by atoms with Gasteiger partial charge < -0.3 is 33.4 Å². The lowest BCUT2D eigenvalue weighted by molar-refractivity contribution is -0.883. The summed E-state index contributed by atoms with van der Waals surface area (Å²) < 4.78 is 0.888. The normalized spacial score (nSPS) is 11.5. The maximum atomic E-state index is 5.94. The maximum absolute atomic E-state index is 5.94. The Morgan fingerprint density at radius 1 is 1.38 bits per heavy atom. The van der Waals surface area contributed by atoms with Crippen molar-refractivity contribution in [1.29, 1.82) is 0 Å². The van der Waals surface area contributed by atoms with Crippen LogP contribution in [0.15, 0.2) is 18.5 Å². The Bertz CT molecular complexity index is 487. The quantitative estimate of drug-likeness (QED) is 0.570. The van der Waals surface area contributed by atoms with Gasteiger partial charge in [-0.3, -0.25) is 0 Å². The van der Waals surface area contributed by atoms with Crippen LogP contribution < -0.4 is 24.0 Å². The highest BCUT2D eigenvalue weighted by Crippen LogP contribution is 2.21. The van der Waals surface area contributed by atoms with Crippen molar-refractivity contribution in [1.82, 2.24) is 9.97 Å². The molecule has 2 aromatic rings. The molecule has 0 atom stereocenters. The minimum absolute atomic E-state index is 0. The van der Waals surface area contributed by atoms with Crippen LogP contribution in [0.2, 0.25) is 5.02 Å². The topological polar surface area (TPSA) is 28.7 Å². The molecule has 0 bridgehead atoms. The molecule has 5 heteroatoms. The fourth-order valence-corrected chi connectivity index (χ4v) is 1.83. The number of H-pyrrole nitrogens is 1. The van der Waals surface area contributed by atoms with Crippen LogP contribution in [-0.4, -0.2) is 35.6 Å². The summed E-state index contributed by atoms with van der Waals surface area (Å²) in [5.41, 5.74) is 2.16. The standard InChI is InChI=1S/C11H15ClN3.HI/c1-15(2,3)7-8-5-13-11-10(8)4-9(12)6-14-11;/h4-6H,7H2,1-3H3,(H,13,14);1H/q+1;/p-1. The molecule has 2 aromatic heterocycles. The van der Waals surface area contributed by atoms with Gasteiger partial charge in [-0.15, -0.1) is 0 Å². The first-order valence-corrected chi connectivity index (χ1v) is 5.25. The summed E-state index contributed by atoms with van der Waals surface area (Å²) in [4.78, 5) is 7.40. The first-order chi connectivity index (χ1) is 6.96. The molecule has 0 aromatic carbocycles. The van der Waals surface area contributed by atoms with E-state index in [4.69, 9.17) is 11.6 Å². The summed E-state index contributed by atoms with van der Waals surface area (Å²) in [6.45, 7) is 0.960. The molecule has 2 heterocycles. The van der Waals surface area contributed by atoms with Crippen molar-refractivity contribution in [3.63, 3.8) is 0 Å². The first-order valence-electron chi connectivity index (χ1n) is 4.88. The number of hydrogen-bond donors (Lipinski definition) is 1. The number of nitrogens with zero attached hydrogens (tertiary/aromatic N) is 2. The van der Waals surface area contributed by atoms with Gasteiger partial charge in [0.05, 0.1) is 26.2 Å². The molecule has 0 unspecified atom stereocenters. The number of rotatable bonds is 2. The SMILES string of the molecule is C[N+](C)(C)Cc1c[nH]c2ncc(Cl)cc12.[I-]. The Balaban J connectivity index is 0.00000128. The predicted octanol–water partition coefficient (Wildman–Crippen LogP) is -0.573. The Morgan fingerprint density at radius 3 is 2.69 bits per heavy atom. The van der Waals surface area contributed by atoms with Gasteiger partial charge in [0.2, 0.25) is 0 Å². The summed E-state index contributed by atoms with van der Waals surface area (Å²) in [6, 6.07) is 1.96. The van der Waals surface area contributed by atoms with Gasteiger partial charge in [-0.25, -0.2) is 4.98 Å². The third-order valence-corrected chi connectivity index (χ3v) is 2.43. The van der Waals surface area contributed by atoms with Crippen LogP contribution in [0.1, 0.15) is 5.56 Å². The van der Waals surface area contributed by atoms with E-state index in [0.29, 0.717) is 5.02 Å². The highest BCUT2D eigenvalue weighted by atomic mass is 127. The van der Waals surface area contributed by atoms with E-state index in [9.17, 15) is 0 Å². The van der Waals surface area contributed by atoms with E-state index in [1.54, 1.807) is 6.20 Å². The molecule has 0 aliphatic heterocycles. The van der Waals surface area contributed by atoms with Gasteiger partial charge in [-0.05, 0) is 6.07 Å². The molecular formula is C11H15ClIN3. The second-order valence-electron chi connectivity index (χ2n) is 4.81. The second kappa shape index (κ2) is 4.89. The van der Waals surface area contributed by atoms with Crippen molar-refractivity contribution < 1.29 is 28.5 Å². The molecule has 2 rings (SSSR count). The van der Waals surface area contributed by atoms with Crippen LogP contribution in [0.5, 0.6) is 0 Å². The van der Waals surface area contributed by atoms with Gasteiger partial charge >= 0.3 is 0 Å². The molecule has 0 spiro atoms. The third-order valence-electron chi connectivity index (χ3n) is 2.23. The van der Waals surface area contributed by atoms with Gasteiger partial charge in [-0.1, -0.05) is 11.6 Å². The largest absolute Gasteiger partial charge is 1.00 e. The second-order valence-corrected chi connectivity index (χ2v) is 5.25. The van der Waals surface area contributed by atoms with Crippen molar-refractivity contribution in [2.75, 3.05) is 21.1 Å². The minimum Gasteiger partial charge on any atom is -1.00 e. The Kier molecular flexibility index (Phi) is 4.20. The average Bonchev–Trinajstić information content (AvgIpc) is 2.46. The zero-order valence-electron chi connectivity index (χ0n) is 9.59. The molecule has 0 aliphatic carbocycles. The van der Waals surface area contributed by atoms with Crippen molar-refractivity contribution >= 4 is 22.6 Å². The smallest absolute Gasteiger partial charge is 0.137 e. The van der Waals surface area contributed by atoms with Crippen molar-refractivity contribution in [2.45, 2.75) is 6.54 Å². The highest BCUT2D eigenvalue weighted by molar-refractivity contribution is 6.31. The summed E-state index contributed by atoms with van der Waals surface area (Å²) >= 11 is 5.94. The van der Waals surface area contributed by atoms with Crippen LogP contribution in [0, 0.1) is 0 Å². The highest BCUT2D eigenvalue weighted by Gasteiger charge is 2.13. The van der Waals surface area contributed by atoms with E-state index < -0.39 is 0 Å². The van der Waals surface area contributed by atoms with Gasteiger partial charge in [0, 0.05) is 23.3 Å². The number of nitrogens with one attached hydrogen (secondary N) is 1. The molecule has 88 valence electrons. The van der Waals surface area contributed by atoms with Crippen LogP contribution in [0.4, 0.5) is 0 Å². The van der Waals surface area contributed by atoms with E-state index in [0.717, 1.165) is 22.1 Å². The fraction of sp³-hybridized carbons (Fsp3) is 0.364. The lowest BCUT2D eigenvalue weighted by Crippen LogP contribution is -3.00. The lowest BCUT2D eigenvalue weighted by atomic mass is 10.2. The molecule has 16 heavy (non-hydrogen) atoms. The zero-order chi connectivity index (χ0) is 11.1. The Morgan fingerprint density at radius 2 is 2.06 bits per heavy atom. The molecule has 1 N–H and O–H groups in total. The monoisotopic (exact) mass is 351 g/mol. The molecule has 0 saturated carbocycles. The van der Waals surface area contributed by atoms with Crippen molar-refractivity contribution in [3.05, 3.63) is 29.0 Å². The van der Waals surface area contributed by atoms with Gasteiger partial charge in [0.25, 0.3) is 0 Å². The molecule has 0 saturated heterocycles. The van der Waals surface area contributed by atoms with E-state index in [1.807, 2.05) is 12.3 Å². The molecule has 0 fully saturated rings.